The molecule has 2 nitrogen and oxygen atoms in total. The van der Waals surface area contributed by atoms with Crippen molar-refractivity contribution in [3.63, 3.8) is 0 Å². The Morgan fingerprint density at radius 3 is 1.64 bits per heavy atom. The van der Waals surface area contributed by atoms with Gasteiger partial charge in [0.1, 0.15) is 0 Å². The van der Waals surface area contributed by atoms with Gasteiger partial charge in [-0.3, -0.25) is 4.90 Å². The van der Waals surface area contributed by atoms with Crippen molar-refractivity contribution in [2.24, 2.45) is 5.41 Å². The lowest BCUT2D eigenvalue weighted by Gasteiger charge is -2.37. The van der Waals surface area contributed by atoms with E-state index in [-0.39, 0.29) is 11.5 Å². The highest BCUT2D eigenvalue weighted by atomic mass is 28.3. The van der Waals surface area contributed by atoms with Crippen LogP contribution in [0.25, 0.3) is 0 Å². The van der Waals surface area contributed by atoms with Crippen LogP contribution in [0.1, 0.15) is 31.9 Å². The van der Waals surface area contributed by atoms with Gasteiger partial charge in [-0.15, -0.1) is 0 Å². The van der Waals surface area contributed by atoms with Gasteiger partial charge < -0.3 is 4.43 Å². The van der Waals surface area contributed by atoms with Crippen molar-refractivity contribution in [3.05, 3.63) is 71.8 Å². The molecule has 2 rings (SSSR count). The van der Waals surface area contributed by atoms with Gasteiger partial charge in [-0.25, -0.2) is 0 Å². The van der Waals surface area contributed by atoms with Crippen LogP contribution in [0.2, 0.25) is 13.1 Å². The molecule has 25 heavy (non-hydrogen) atoms. The molecular weight excluding hydrogens is 322 g/mol. The maximum Gasteiger partial charge on any atom is 0.171 e. The summed E-state index contributed by atoms with van der Waals surface area (Å²) in [7, 11) is -1.08. The van der Waals surface area contributed by atoms with Crippen molar-refractivity contribution in [2.75, 3.05) is 6.54 Å². The van der Waals surface area contributed by atoms with Crippen LogP contribution >= 0.6 is 0 Å². The highest BCUT2D eigenvalue weighted by Crippen LogP contribution is 2.25. The first-order chi connectivity index (χ1) is 11.8. The van der Waals surface area contributed by atoms with Crippen LogP contribution in [-0.4, -0.2) is 26.6 Å². The number of rotatable bonds is 8. The molecule has 0 fully saturated rings. The third-order valence-electron chi connectivity index (χ3n) is 4.32. The lowest BCUT2D eigenvalue weighted by atomic mass is 9.88. The smallest absolute Gasteiger partial charge is 0.171 e. The van der Waals surface area contributed by atoms with E-state index < -0.39 is 9.04 Å². The van der Waals surface area contributed by atoms with Crippen LogP contribution in [0.15, 0.2) is 60.7 Å². The first-order valence-electron chi connectivity index (χ1n) is 9.30. The maximum atomic E-state index is 6.42. The molecule has 0 amide bonds. The van der Waals surface area contributed by atoms with Crippen molar-refractivity contribution < 1.29 is 4.43 Å². The minimum absolute atomic E-state index is 0.142. The van der Waals surface area contributed by atoms with Crippen molar-refractivity contribution >= 4 is 9.04 Å². The molecule has 1 unspecified atom stereocenters. The monoisotopic (exact) mass is 355 g/mol. The summed E-state index contributed by atoms with van der Waals surface area (Å²) in [4.78, 5) is 2.53. The van der Waals surface area contributed by atoms with E-state index in [0.717, 1.165) is 19.6 Å². The molecule has 0 heterocycles. The molecule has 0 saturated heterocycles. The highest BCUT2D eigenvalue weighted by Gasteiger charge is 2.28. The van der Waals surface area contributed by atoms with E-state index in [4.69, 9.17) is 4.43 Å². The van der Waals surface area contributed by atoms with Gasteiger partial charge in [-0.1, -0.05) is 81.4 Å². The van der Waals surface area contributed by atoms with Crippen LogP contribution in [0.3, 0.4) is 0 Å². The predicted molar refractivity (Wildman–Crippen MR) is 110 cm³/mol. The van der Waals surface area contributed by atoms with Crippen molar-refractivity contribution in [2.45, 2.75) is 53.1 Å². The van der Waals surface area contributed by atoms with Crippen molar-refractivity contribution in [3.8, 4) is 0 Å². The molecule has 0 spiro atoms. The Morgan fingerprint density at radius 2 is 1.28 bits per heavy atom. The third kappa shape index (κ3) is 7.15. The predicted octanol–water partition coefficient (Wildman–Crippen LogP) is 5.10. The van der Waals surface area contributed by atoms with Crippen LogP contribution in [0.4, 0.5) is 0 Å². The first kappa shape index (κ1) is 19.9. The summed E-state index contributed by atoms with van der Waals surface area (Å²) in [6.45, 7) is 14.2. The molecule has 0 bridgehead atoms. The van der Waals surface area contributed by atoms with Crippen LogP contribution in [-0.2, 0) is 17.5 Å². The van der Waals surface area contributed by atoms with Gasteiger partial charge in [-0.2, -0.15) is 0 Å². The second kappa shape index (κ2) is 9.32. The average Bonchev–Trinajstić information content (AvgIpc) is 2.55. The number of benzene rings is 2. The Hall–Kier alpha value is -1.42. The summed E-state index contributed by atoms with van der Waals surface area (Å²) in [5, 5.41) is 0. The van der Waals surface area contributed by atoms with E-state index in [1.807, 2.05) is 0 Å². The summed E-state index contributed by atoms with van der Waals surface area (Å²) in [5.74, 6) is 0. The van der Waals surface area contributed by atoms with E-state index in [9.17, 15) is 0 Å². The van der Waals surface area contributed by atoms with Crippen molar-refractivity contribution in [1.29, 1.82) is 0 Å². The van der Waals surface area contributed by atoms with Crippen LogP contribution in [0, 0.1) is 5.41 Å². The normalized spacial score (nSPS) is 13.4. The minimum Gasteiger partial charge on any atom is -0.416 e. The maximum absolute atomic E-state index is 6.42. The number of nitrogens with zero attached hydrogens (tertiary/aromatic N) is 1. The topological polar surface area (TPSA) is 12.5 Å². The lowest BCUT2D eigenvalue weighted by Crippen LogP contribution is -2.42. The molecule has 0 aliphatic carbocycles. The Labute approximate surface area is 155 Å². The molecule has 1 atom stereocenters. The van der Waals surface area contributed by atoms with Gasteiger partial charge >= 0.3 is 0 Å². The Bertz CT molecular complexity index is 565. The molecule has 0 N–H and O–H groups in total. The summed E-state index contributed by atoms with van der Waals surface area (Å²) < 4.78 is 6.42. The van der Waals surface area contributed by atoms with Gasteiger partial charge in [-0.05, 0) is 29.6 Å². The van der Waals surface area contributed by atoms with E-state index in [0.29, 0.717) is 0 Å². The molecular formula is C22H33NOSi. The molecule has 0 aromatic heterocycles. The molecule has 136 valence electrons. The van der Waals surface area contributed by atoms with Gasteiger partial charge in [0, 0.05) is 19.6 Å². The SMILES string of the molecule is C[SiH](C)OC(CN(Cc1ccccc1)Cc1ccccc1)C(C)(C)C. The zero-order valence-corrected chi connectivity index (χ0v) is 17.6. The summed E-state index contributed by atoms with van der Waals surface area (Å²) in [6, 6.07) is 21.5. The van der Waals surface area contributed by atoms with E-state index >= 15 is 0 Å². The zero-order chi connectivity index (χ0) is 18.3. The van der Waals surface area contributed by atoms with Gasteiger partial charge in [0.2, 0.25) is 0 Å². The fourth-order valence-electron chi connectivity index (χ4n) is 2.95. The van der Waals surface area contributed by atoms with Gasteiger partial charge in [0.25, 0.3) is 0 Å². The third-order valence-corrected chi connectivity index (χ3v) is 5.20. The molecule has 0 saturated carbocycles. The second-order valence-electron chi connectivity index (χ2n) is 8.18. The highest BCUT2D eigenvalue weighted by molar-refractivity contribution is 6.48. The first-order valence-corrected chi connectivity index (χ1v) is 12.1. The summed E-state index contributed by atoms with van der Waals surface area (Å²) in [5.41, 5.74) is 2.85. The fraction of sp³-hybridized carbons (Fsp3) is 0.455. The fourth-order valence-corrected chi connectivity index (χ4v) is 4.10. The molecule has 0 aliphatic rings. The van der Waals surface area contributed by atoms with Crippen LogP contribution in [0.5, 0.6) is 0 Å². The summed E-state index contributed by atoms with van der Waals surface area (Å²) >= 11 is 0. The molecule has 0 radical (unpaired) electrons. The zero-order valence-electron chi connectivity index (χ0n) is 16.4. The largest absolute Gasteiger partial charge is 0.416 e. The Kier molecular flexibility index (Phi) is 7.42. The standard InChI is InChI=1S/C22H33NOSi/c1-22(2,3)21(24-25(4)5)18-23(16-19-12-8-6-9-13-19)17-20-14-10-7-11-15-20/h6-15,21,25H,16-18H2,1-5H3. The minimum atomic E-state index is -1.08. The number of hydrogen-bond donors (Lipinski definition) is 0. The van der Waals surface area contributed by atoms with E-state index in [1.54, 1.807) is 0 Å². The van der Waals surface area contributed by atoms with E-state index in [1.165, 1.54) is 11.1 Å². The Balaban J connectivity index is 2.17. The summed E-state index contributed by atoms with van der Waals surface area (Å²) in [6.07, 6.45) is 0.256. The van der Waals surface area contributed by atoms with Gasteiger partial charge in [0.15, 0.2) is 9.04 Å². The lowest BCUT2D eigenvalue weighted by molar-refractivity contribution is 0.0424. The number of hydrogen-bond acceptors (Lipinski definition) is 2. The molecule has 2 aromatic carbocycles. The second-order valence-corrected chi connectivity index (χ2v) is 10.5. The average molecular weight is 356 g/mol. The van der Waals surface area contributed by atoms with Crippen molar-refractivity contribution in [1.82, 2.24) is 4.90 Å². The van der Waals surface area contributed by atoms with Crippen LogP contribution < -0.4 is 0 Å². The molecule has 3 heteroatoms. The molecule has 2 aromatic rings. The Morgan fingerprint density at radius 1 is 0.840 bits per heavy atom. The van der Waals surface area contributed by atoms with Gasteiger partial charge in [0.05, 0.1) is 6.10 Å². The van der Waals surface area contributed by atoms with E-state index in [2.05, 4.69) is 99.4 Å². The molecule has 0 aliphatic heterocycles. The quantitative estimate of drug-likeness (QED) is 0.611.